The number of fused-ring (bicyclic) bond motifs is 5. The third kappa shape index (κ3) is 1.30. The van der Waals surface area contributed by atoms with Crippen LogP contribution in [0.1, 0.15) is 0 Å². The Kier molecular flexibility index (Phi) is 1.90. The summed E-state index contributed by atoms with van der Waals surface area (Å²) in [6, 6.07) is 14.9. The average molecular weight is 302 g/mol. The number of hydrogen-bond donors (Lipinski definition) is 1. The second kappa shape index (κ2) is 3.34. The van der Waals surface area contributed by atoms with Crippen LogP contribution in [0.25, 0.3) is 31.2 Å². The SMILES string of the molecule is Brc1ccc2[nH]c3c4ccccc4sc3c2c1. The smallest absolute Gasteiger partial charge is 0.0654 e. The highest BCUT2D eigenvalue weighted by Crippen LogP contribution is 2.38. The van der Waals surface area contributed by atoms with E-state index in [0.29, 0.717) is 0 Å². The van der Waals surface area contributed by atoms with Gasteiger partial charge in [-0.1, -0.05) is 34.1 Å². The Balaban J connectivity index is 2.30. The quantitative estimate of drug-likeness (QED) is 0.454. The van der Waals surface area contributed by atoms with Gasteiger partial charge in [-0.25, -0.2) is 0 Å². The minimum Gasteiger partial charge on any atom is -0.353 e. The van der Waals surface area contributed by atoms with Gasteiger partial charge < -0.3 is 4.98 Å². The number of benzene rings is 2. The van der Waals surface area contributed by atoms with Crippen molar-refractivity contribution >= 4 is 58.5 Å². The molecule has 0 aliphatic heterocycles. The molecule has 3 heteroatoms. The summed E-state index contributed by atoms with van der Waals surface area (Å²) >= 11 is 5.39. The molecule has 0 spiro atoms. The first-order chi connectivity index (χ1) is 8.33. The minimum absolute atomic E-state index is 1.13. The highest BCUT2D eigenvalue weighted by molar-refractivity contribution is 9.10. The summed E-state index contributed by atoms with van der Waals surface area (Å²) in [5.74, 6) is 0. The van der Waals surface area contributed by atoms with Crippen molar-refractivity contribution in [1.82, 2.24) is 4.98 Å². The summed E-state index contributed by atoms with van der Waals surface area (Å²) in [5.41, 5.74) is 2.47. The summed E-state index contributed by atoms with van der Waals surface area (Å²) in [4.78, 5) is 3.52. The number of aromatic amines is 1. The Hall–Kier alpha value is -1.32. The van der Waals surface area contributed by atoms with Crippen molar-refractivity contribution in [3.63, 3.8) is 0 Å². The highest BCUT2D eigenvalue weighted by atomic mass is 79.9. The molecule has 0 atom stereocenters. The molecular formula is C14H8BrNS. The van der Waals surface area contributed by atoms with E-state index in [1.807, 2.05) is 11.3 Å². The van der Waals surface area contributed by atoms with E-state index in [-0.39, 0.29) is 0 Å². The van der Waals surface area contributed by atoms with Gasteiger partial charge in [0.2, 0.25) is 0 Å². The molecule has 4 aromatic rings. The molecular weight excluding hydrogens is 294 g/mol. The van der Waals surface area contributed by atoms with Gasteiger partial charge in [0, 0.05) is 25.5 Å². The molecule has 0 amide bonds. The fraction of sp³-hybridized carbons (Fsp3) is 0. The fourth-order valence-corrected chi connectivity index (χ4v) is 3.86. The molecule has 0 aliphatic carbocycles. The summed E-state index contributed by atoms with van der Waals surface area (Å²) < 4.78 is 3.82. The van der Waals surface area contributed by atoms with Gasteiger partial charge >= 0.3 is 0 Å². The van der Waals surface area contributed by atoms with Gasteiger partial charge in [-0.15, -0.1) is 11.3 Å². The predicted molar refractivity (Wildman–Crippen MR) is 78.9 cm³/mol. The zero-order valence-electron chi connectivity index (χ0n) is 8.83. The molecule has 0 bridgehead atoms. The van der Waals surface area contributed by atoms with Crippen LogP contribution in [-0.4, -0.2) is 4.98 Å². The molecule has 0 unspecified atom stereocenters. The summed E-state index contributed by atoms with van der Waals surface area (Å²) in [7, 11) is 0. The van der Waals surface area contributed by atoms with Crippen molar-refractivity contribution < 1.29 is 0 Å². The van der Waals surface area contributed by atoms with Crippen molar-refractivity contribution in [2.24, 2.45) is 0 Å². The summed E-state index contributed by atoms with van der Waals surface area (Å²) in [6.45, 7) is 0. The van der Waals surface area contributed by atoms with Crippen LogP contribution in [0.3, 0.4) is 0 Å². The van der Waals surface area contributed by atoms with Gasteiger partial charge in [0.25, 0.3) is 0 Å². The number of thiophene rings is 1. The largest absolute Gasteiger partial charge is 0.353 e. The maximum Gasteiger partial charge on any atom is 0.0654 e. The number of nitrogens with one attached hydrogen (secondary N) is 1. The predicted octanol–water partition coefficient (Wildman–Crippen LogP) is 5.30. The second-order valence-electron chi connectivity index (χ2n) is 4.12. The zero-order chi connectivity index (χ0) is 11.4. The molecule has 17 heavy (non-hydrogen) atoms. The maximum atomic E-state index is 3.54. The number of H-pyrrole nitrogens is 1. The van der Waals surface area contributed by atoms with E-state index in [0.717, 1.165) is 4.47 Å². The molecule has 0 saturated heterocycles. The Morgan fingerprint density at radius 1 is 1.00 bits per heavy atom. The monoisotopic (exact) mass is 301 g/mol. The topological polar surface area (TPSA) is 15.8 Å². The lowest BCUT2D eigenvalue weighted by Crippen LogP contribution is -1.68. The van der Waals surface area contributed by atoms with Crippen LogP contribution in [0.2, 0.25) is 0 Å². The van der Waals surface area contributed by atoms with Crippen molar-refractivity contribution in [3.8, 4) is 0 Å². The van der Waals surface area contributed by atoms with Crippen molar-refractivity contribution in [3.05, 3.63) is 46.9 Å². The lowest BCUT2D eigenvalue weighted by Gasteiger charge is -1.91. The van der Waals surface area contributed by atoms with Crippen LogP contribution in [0.4, 0.5) is 0 Å². The second-order valence-corrected chi connectivity index (χ2v) is 6.09. The number of hydrogen-bond acceptors (Lipinski definition) is 1. The Morgan fingerprint density at radius 2 is 1.88 bits per heavy atom. The fourth-order valence-electron chi connectivity index (χ4n) is 2.31. The molecule has 2 aromatic carbocycles. The van der Waals surface area contributed by atoms with Gasteiger partial charge in [0.15, 0.2) is 0 Å². The van der Waals surface area contributed by atoms with E-state index in [1.165, 1.54) is 31.2 Å². The standard InChI is InChI=1S/C14H8BrNS/c15-8-5-6-11-10(7-8)14-13(16-11)9-3-1-2-4-12(9)17-14/h1-7,16H. The molecule has 1 nitrogen and oxygen atoms in total. The Morgan fingerprint density at radius 3 is 2.82 bits per heavy atom. The van der Waals surface area contributed by atoms with Crippen LogP contribution in [0, 0.1) is 0 Å². The summed E-state index contributed by atoms with van der Waals surface area (Å²) in [6.07, 6.45) is 0. The van der Waals surface area contributed by atoms with Crippen LogP contribution in [0.5, 0.6) is 0 Å². The molecule has 2 aromatic heterocycles. The van der Waals surface area contributed by atoms with E-state index in [2.05, 4.69) is 63.4 Å². The lowest BCUT2D eigenvalue weighted by atomic mass is 10.2. The van der Waals surface area contributed by atoms with Crippen LogP contribution in [-0.2, 0) is 0 Å². The molecule has 0 fully saturated rings. The molecule has 4 rings (SSSR count). The third-order valence-corrected chi connectivity index (χ3v) is 4.78. The summed E-state index contributed by atoms with van der Waals surface area (Å²) in [5, 5.41) is 2.62. The number of halogens is 1. The van der Waals surface area contributed by atoms with Crippen LogP contribution < -0.4 is 0 Å². The van der Waals surface area contributed by atoms with Gasteiger partial charge in [0.1, 0.15) is 0 Å². The van der Waals surface area contributed by atoms with E-state index < -0.39 is 0 Å². The van der Waals surface area contributed by atoms with Crippen molar-refractivity contribution in [2.75, 3.05) is 0 Å². The van der Waals surface area contributed by atoms with Crippen LogP contribution in [0.15, 0.2) is 46.9 Å². The maximum absolute atomic E-state index is 3.54. The van der Waals surface area contributed by atoms with Crippen molar-refractivity contribution in [2.45, 2.75) is 0 Å². The van der Waals surface area contributed by atoms with E-state index in [4.69, 9.17) is 0 Å². The van der Waals surface area contributed by atoms with Crippen molar-refractivity contribution in [1.29, 1.82) is 0 Å². The first kappa shape index (κ1) is 9.68. The van der Waals surface area contributed by atoms with Crippen LogP contribution >= 0.6 is 27.3 Å². The van der Waals surface area contributed by atoms with Gasteiger partial charge in [-0.2, -0.15) is 0 Å². The lowest BCUT2D eigenvalue weighted by molar-refractivity contribution is 1.56. The normalized spacial score (nSPS) is 11.8. The molecule has 0 radical (unpaired) electrons. The Labute approximate surface area is 110 Å². The molecule has 0 saturated carbocycles. The van der Waals surface area contributed by atoms with Gasteiger partial charge in [-0.05, 0) is 24.3 Å². The third-order valence-electron chi connectivity index (χ3n) is 3.08. The first-order valence-electron chi connectivity index (χ1n) is 5.41. The minimum atomic E-state index is 1.13. The number of aromatic nitrogens is 1. The van der Waals surface area contributed by atoms with Gasteiger partial charge in [-0.3, -0.25) is 0 Å². The molecule has 2 heterocycles. The van der Waals surface area contributed by atoms with E-state index in [1.54, 1.807) is 0 Å². The zero-order valence-corrected chi connectivity index (χ0v) is 11.2. The van der Waals surface area contributed by atoms with E-state index >= 15 is 0 Å². The highest BCUT2D eigenvalue weighted by Gasteiger charge is 2.10. The Bertz CT molecular complexity index is 856. The van der Waals surface area contributed by atoms with E-state index in [9.17, 15) is 0 Å². The molecule has 1 N–H and O–H groups in total. The molecule has 82 valence electrons. The average Bonchev–Trinajstić information content (AvgIpc) is 2.85. The first-order valence-corrected chi connectivity index (χ1v) is 7.02. The van der Waals surface area contributed by atoms with Gasteiger partial charge in [0.05, 0.1) is 10.2 Å². The molecule has 0 aliphatic rings. The number of rotatable bonds is 0.